The molecule has 0 radical (unpaired) electrons. The molecule has 136 valence electrons. The largest absolute Gasteiger partial charge is 0.461 e. The summed E-state index contributed by atoms with van der Waals surface area (Å²) in [7, 11) is 0. The summed E-state index contributed by atoms with van der Waals surface area (Å²) >= 11 is 0. The van der Waals surface area contributed by atoms with Crippen molar-refractivity contribution in [2.75, 3.05) is 6.61 Å². The first-order valence-corrected chi connectivity index (χ1v) is 8.76. The van der Waals surface area contributed by atoms with Gasteiger partial charge in [0.15, 0.2) is 0 Å². The molecule has 1 aliphatic heterocycles. The van der Waals surface area contributed by atoms with Gasteiger partial charge in [0.1, 0.15) is 0 Å². The Bertz CT molecular complexity index is 620. The molecule has 1 unspecified atom stereocenters. The lowest BCUT2D eigenvalue weighted by atomic mass is 9.71. The molecule has 1 atom stereocenters. The normalized spacial score (nSPS) is 31.8. The van der Waals surface area contributed by atoms with Gasteiger partial charge in [-0.05, 0) is 38.2 Å². The molecule has 1 aliphatic carbocycles. The van der Waals surface area contributed by atoms with E-state index in [0.29, 0.717) is 32.3 Å². The summed E-state index contributed by atoms with van der Waals surface area (Å²) in [6.45, 7) is 2.31. The third-order valence-electron chi connectivity index (χ3n) is 5.09. The number of hydrogen-bond acceptors (Lipinski definition) is 6. The Kier molecular flexibility index (Phi) is 5.11. The summed E-state index contributed by atoms with van der Waals surface area (Å²) in [5.41, 5.74) is 0.299. The molecule has 3 rings (SSSR count). The van der Waals surface area contributed by atoms with E-state index in [2.05, 4.69) is 0 Å². The van der Waals surface area contributed by atoms with Gasteiger partial charge >= 0.3 is 17.7 Å². The van der Waals surface area contributed by atoms with Crippen LogP contribution in [0.1, 0.15) is 44.6 Å². The van der Waals surface area contributed by atoms with E-state index in [9.17, 15) is 14.7 Å². The Balaban J connectivity index is 1.56. The van der Waals surface area contributed by atoms with Crippen molar-refractivity contribution in [2.45, 2.75) is 57.5 Å². The third-order valence-corrected chi connectivity index (χ3v) is 5.09. The highest BCUT2D eigenvalue weighted by atomic mass is 16.7. The van der Waals surface area contributed by atoms with Gasteiger partial charge < -0.3 is 19.3 Å². The van der Waals surface area contributed by atoms with E-state index in [0.717, 1.165) is 5.56 Å². The van der Waals surface area contributed by atoms with Crippen LogP contribution >= 0.6 is 0 Å². The van der Waals surface area contributed by atoms with Gasteiger partial charge in [0.2, 0.25) is 0 Å². The lowest BCUT2D eigenvalue weighted by molar-refractivity contribution is -0.213. The predicted molar refractivity (Wildman–Crippen MR) is 88.2 cm³/mol. The van der Waals surface area contributed by atoms with Gasteiger partial charge in [0.05, 0.1) is 24.7 Å². The molecule has 0 amide bonds. The van der Waals surface area contributed by atoms with Crippen LogP contribution in [0.2, 0.25) is 0 Å². The highest BCUT2D eigenvalue weighted by Gasteiger charge is 2.61. The van der Waals surface area contributed by atoms with Crippen LogP contribution in [0.5, 0.6) is 0 Å². The van der Waals surface area contributed by atoms with Gasteiger partial charge in [-0.15, -0.1) is 0 Å². The molecule has 25 heavy (non-hydrogen) atoms. The molecule has 1 saturated heterocycles. The van der Waals surface area contributed by atoms with E-state index >= 15 is 0 Å². The highest BCUT2D eigenvalue weighted by molar-refractivity contribution is 5.88. The Morgan fingerprint density at radius 1 is 1.28 bits per heavy atom. The van der Waals surface area contributed by atoms with Crippen LogP contribution in [-0.4, -0.2) is 35.5 Å². The molecular formula is C19H24O6. The van der Waals surface area contributed by atoms with Crippen molar-refractivity contribution < 1.29 is 28.9 Å². The van der Waals surface area contributed by atoms with Gasteiger partial charge in [-0.1, -0.05) is 30.3 Å². The van der Waals surface area contributed by atoms with E-state index in [1.807, 2.05) is 30.3 Å². The Morgan fingerprint density at radius 3 is 2.60 bits per heavy atom. The molecule has 0 bridgehead atoms. The molecule has 6 nitrogen and oxygen atoms in total. The molecule has 0 aromatic heterocycles. The van der Waals surface area contributed by atoms with Gasteiger partial charge in [-0.3, -0.25) is 4.79 Å². The van der Waals surface area contributed by atoms with Gasteiger partial charge in [-0.2, -0.15) is 0 Å². The van der Waals surface area contributed by atoms with Crippen molar-refractivity contribution in [1.29, 1.82) is 0 Å². The molecule has 1 aromatic carbocycles. The summed E-state index contributed by atoms with van der Waals surface area (Å²) in [5, 5.41) is 10.3. The van der Waals surface area contributed by atoms with Crippen molar-refractivity contribution in [1.82, 2.24) is 0 Å². The van der Waals surface area contributed by atoms with Crippen LogP contribution in [0.4, 0.5) is 0 Å². The van der Waals surface area contributed by atoms with Crippen molar-refractivity contribution in [3.8, 4) is 0 Å². The minimum absolute atomic E-state index is 0.0386. The summed E-state index contributed by atoms with van der Waals surface area (Å²) in [4.78, 5) is 24.2. The van der Waals surface area contributed by atoms with E-state index in [1.165, 1.54) is 0 Å². The van der Waals surface area contributed by atoms with Crippen LogP contribution in [-0.2, 0) is 30.4 Å². The molecular weight excluding hydrogens is 324 g/mol. The SMILES string of the molecule is CCOC(=O)C1(O)CC2(CCC(OCc3ccccc3)CC2)C(=O)O1. The maximum Gasteiger partial charge on any atom is 0.379 e. The average Bonchev–Trinajstić information content (AvgIpc) is 2.87. The summed E-state index contributed by atoms with van der Waals surface area (Å²) in [6.07, 6.45) is 2.49. The summed E-state index contributed by atoms with van der Waals surface area (Å²) in [5.74, 6) is -3.54. The number of hydrogen-bond donors (Lipinski definition) is 1. The van der Waals surface area contributed by atoms with Crippen molar-refractivity contribution in [3.05, 3.63) is 35.9 Å². The second kappa shape index (κ2) is 7.14. The minimum atomic E-state index is -2.15. The fourth-order valence-electron chi connectivity index (χ4n) is 3.67. The predicted octanol–water partition coefficient (Wildman–Crippen LogP) is 2.33. The van der Waals surface area contributed by atoms with Crippen LogP contribution in [0.25, 0.3) is 0 Å². The fraction of sp³-hybridized carbons (Fsp3) is 0.579. The zero-order valence-corrected chi connectivity index (χ0v) is 14.4. The molecule has 1 heterocycles. The minimum Gasteiger partial charge on any atom is -0.461 e. The maximum atomic E-state index is 12.3. The smallest absolute Gasteiger partial charge is 0.379 e. The van der Waals surface area contributed by atoms with E-state index in [-0.39, 0.29) is 19.1 Å². The lowest BCUT2D eigenvalue weighted by Crippen LogP contribution is -2.41. The van der Waals surface area contributed by atoms with Gasteiger partial charge in [0, 0.05) is 6.42 Å². The Morgan fingerprint density at radius 2 is 1.96 bits per heavy atom. The third kappa shape index (κ3) is 3.70. The molecule has 1 N–H and O–H groups in total. The molecule has 2 aliphatic rings. The summed E-state index contributed by atoms with van der Waals surface area (Å²) < 4.78 is 15.8. The lowest BCUT2D eigenvalue weighted by Gasteiger charge is -2.33. The average molecular weight is 348 g/mol. The standard InChI is InChI=1S/C19H24O6/c1-2-23-17(21)19(22)13-18(16(20)25-19)10-8-15(9-11-18)24-12-14-6-4-3-5-7-14/h3-7,15,22H,2,8-13H2,1H3. The topological polar surface area (TPSA) is 82.1 Å². The first-order valence-electron chi connectivity index (χ1n) is 8.76. The Hall–Kier alpha value is -1.92. The van der Waals surface area contributed by atoms with Crippen molar-refractivity contribution >= 4 is 11.9 Å². The number of carbonyl (C=O) groups excluding carboxylic acids is 2. The molecule has 1 aromatic rings. The zero-order chi connectivity index (χ0) is 17.9. The number of aliphatic hydroxyl groups is 1. The highest BCUT2D eigenvalue weighted by Crippen LogP contribution is 2.50. The monoisotopic (exact) mass is 348 g/mol. The number of esters is 2. The number of carbonyl (C=O) groups is 2. The quantitative estimate of drug-likeness (QED) is 0.823. The van der Waals surface area contributed by atoms with Gasteiger partial charge in [0.25, 0.3) is 0 Å². The molecule has 6 heteroatoms. The first kappa shape index (κ1) is 17.9. The molecule has 2 fully saturated rings. The molecule has 1 saturated carbocycles. The Labute approximate surface area is 147 Å². The van der Waals surface area contributed by atoms with E-state index in [1.54, 1.807) is 6.92 Å². The number of rotatable bonds is 5. The van der Waals surface area contributed by atoms with Crippen molar-refractivity contribution in [2.24, 2.45) is 5.41 Å². The van der Waals surface area contributed by atoms with Crippen LogP contribution in [0, 0.1) is 5.41 Å². The van der Waals surface area contributed by atoms with Crippen molar-refractivity contribution in [3.63, 3.8) is 0 Å². The van der Waals surface area contributed by atoms with Crippen LogP contribution in [0.15, 0.2) is 30.3 Å². The number of cyclic esters (lactones) is 1. The maximum absolute atomic E-state index is 12.3. The fourth-order valence-corrected chi connectivity index (χ4v) is 3.67. The molecule has 1 spiro atoms. The zero-order valence-electron chi connectivity index (χ0n) is 14.4. The second-order valence-corrected chi connectivity index (χ2v) is 6.85. The number of benzene rings is 1. The van der Waals surface area contributed by atoms with Crippen LogP contribution < -0.4 is 0 Å². The van der Waals surface area contributed by atoms with E-state index in [4.69, 9.17) is 14.2 Å². The second-order valence-electron chi connectivity index (χ2n) is 6.85. The first-order chi connectivity index (χ1) is 12.0. The van der Waals surface area contributed by atoms with Crippen LogP contribution in [0.3, 0.4) is 0 Å². The van der Waals surface area contributed by atoms with E-state index < -0.39 is 23.1 Å². The number of ether oxygens (including phenoxy) is 3. The summed E-state index contributed by atoms with van der Waals surface area (Å²) in [6, 6.07) is 9.93. The van der Waals surface area contributed by atoms with Gasteiger partial charge in [-0.25, -0.2) is 4.79 Å².